The zero-order chi connectivity index (χ0) is 19.5. The number of para-hydroxylation sites is 1. The Morgan fingerprint density at radius 2 is 1.79 bits per heavy atom. The number of nitrogens with one attached hydrogen (secondary N) is 1. The molecule has 6 nitrogen and oxygen atoms in total. The van der Waals surface area contributed by atoms with Crippen LogP contribution in [0.25, 0.3) is 11.0 Å². The first-order valence-electron chi connectivity index (χ1n) is 9.50. The summed E-state index contributed by atoms with van der Waals surface area (Å²) in [6.45, 7) is 4.14. The summed E-state index contributed by atoms with van der Waals surface area (Å²) in [5, 5.41) is 0.962. The molecule has 1 aliphatic heterocycles. The molecule has 3 aromatic rings. The van der Waals surface area contributed by atoms with E-state index in [4.69, 9.17) is 13.9 Å². The average molecular weight is 381 g/mol. The normalized spacial score (nSPS) is 15.0. The van der Waals surface area contributed by atoms with Crippen molar-refractivity contribution in [3.8, 4) is 11.5 Å². The molecule has 0 aliphatic carbocycles. The molecule has 28 heavy (non-hydrogen) atoms. The van der Waals surface area contributed by atoms with E-state index in [1.165, 1.54) is 10.5 Å². The summed E-state index contributed by atoms with van der Waals surface area (Å²) in [6.07, 6.45) is 0. The molecule has 4 rings (SSSR count). The van der Waals surface area contributed by atoms with Crippen molar-refractivity contribution in [2.24, 2.45) is 0 Å². The van der Waals surface area contributed by atoms with Crippen LogP contribution >= 0.6 is 0 Å². The van der Waals surface area contributed by atoms with Gasteiger partial charge >= 0.3 is 0 Å². The van der Waals surface area contributed by atoms with Crippen LogP contribution in [0.3, 0.4) is 0 Å². The molecular formula is C22H25N2O4+. The number of hydrogen-bond acceptors (Lipinski definition) is 4. The van der Waals surface area contributed by atoms with Crippen LogP contribution in [0, 0.1) is 0 Å². The smallest absolute Gasteiger partial charge is 0.290 e. The number of benzene rings is 2. The topological polar surface area (TPSA) is 56.4 Å². The third-order valence-electron chi connectivity index (χ3n) is 5.30. The van der Waals surface area contributed by atoms with Gasteiger partial charge in [0.25, 0.3) is 5.91 Å². The summed E-state index contributed by atoms with van der Waals surface area (Å²) < 4.78 is 16.4. The Hall–Kier alpha value is -2.99. The number of rotatable bonds is 5. The Morgan fingerprint density at radius 3 is 2.50 bits per heavy atom. The molecule has 0 atom stereocenters. The highest BCUT2D eigenvalue weighted by Crippen LogP contribution is 2.27. The molecule has 1 amide bonds. The van der Waals surface area contributed by atoms with E-state index in [1.54, 1.807) is 14.2 Å². The van der Waals surface area contributed by atoms with Crippen molar-refractivity contribution in [1.29, 1.82) is 0 Å². The van der Waals surface area contributed by atoms with Crippen molar-refractivity contribution in [1.82, 2.24) is 4.90 Å². The number of carbonyl (C=O) groups is 1. The molecular weight excluding hydrogens is 356 g/mol. The second kappa shape index (κ2) is 7.94. The lowest BCUT2D eigenvalue weighted by Gasteiger charge is -2.31. The fraction of sp³-hybridized carbons (Fsp3) is 0.318. The summed E-state index contributed by atoms with van der Waals surface area (Å²) in [7, 11) is 3.29. The zero-order valence-corrected chi connectivity index (χ0v) is 16.2. The number of quaternary nitrogens is 1. The Bertz CT molecular complexity index is 941. The molecule has 1 aromatic heterocycles. The minimum Gasteiger partial charge on any atom is -0.493 e. The minimum atomic E-state index is -0.0265. The Kier molecular flexibility index (Phi) is 5.21. The van der Waals surface area contributed by atoms with Crippen molar-refractivity contribution in [2.45, 2.75) is 6.54 Å². The molecule has 1 N–H and O–H groups in total. The molecule has 1 aliphatic rings. The van der Waals surface area contributed by atoms with E-state index in [0.29, 0.717) is 5.76 Å². The second-order valence-electron chi connectivity index (χ2n) is 7.06. The quantitative estimate of drug-likeness (QED) is 0.734. The van der Waals surface area contributed by atoms with E-state index >= 15 is 0 Å². The summed E-state index contributed by atoms with van der Waals surface area (Å²) >= 11 is 0. The average Bonchev–Trinajstić information content (AvgIpc) is 3.18. The molecule has 0 spiro atoms. The number of methoxy groups -OCH3 is 2. The third kappa shape index (κ3) is 3.68. The number of nitrogens with zero attached hydrogens (tertiary/aromatic N) is 1. The van der Waals surface area contributed by atoms with Gasteiger partial charge in [-0.2, -0.15) is 0 Å². The molecule has 146 valence electrons. The highest BCUT2D eigenvalue weighted by Gasteiger charge is 2.26. The van der Waals surface area contributed by atoms with E-state index in [2.05, 4.69) is 6.07 Å². The monoisotopic (exact) mass is 381 g/mol. The van der Waals surface area contributed by atoms with Crippen LogP contribution in [-0.4, -0.2) is 51.2 Å². The van der Waals surface area contributed by atoms with Gasteiger partial charge in [0.15, 0.2) is 17.3 Å². The predicted molar refractivity (Wildman–Crippen MR) is 106 cm³/mol. The van der Waals surface area contributed by atoms with Gasteiger partial charge in [-0.1, -0.05) is 18.2 Å². The van der Waals surface area contributed by atoms with Crippen LogP contribution in [-0.2, 0) is 6.54 Å². The Morgan fingerprint density at radius 1 is 1.04 bits per heavy atom. The van der Waals surface area contributed by atoms with Gasteiger partial charge in [0, 0.05) is 10.9 Å². The molecule has 2 heterocycles. The van der Waals surface area contributed by atoms with Gasteiger partial charge in [-0.3, -0.25) is 4.79 Å². The van der Waals surface area contributed by atoms with Crippen LogP contribution in [0.5, 0.6) is 11.5 Å². The van der Waals surface area contributed by atoms with Crippen LogP contribution in [0.4, 0.5) is 0 Å². The predicted octanol–water partition coefficient (Wildman–Crippen LogP) is 1.99. The molecule has 0 bridgehead atoms. The maximum Gasteiger partial charge on any atom is 0.290 e. The van der Waals surface area contributed by atoms with Gasteiger partial charge in [-0.05, 0) is 30.3 Å². The second-order valence-corrected chi connectivity index (χ2v) is 7.06. The van der Waals surface area contributed by atoms with Crippen LogP contribution < -0.4 is 14.4 Å². The number of hydrogen-bond donors (Lipinski definition) is 1. The SMILES string of the molecule is COc1ccc(C[NH+]2CCN(C(=O)c3cc4ccccc4o3)CC2)cc1OC. The van der Waals surface area contributed by atoms with Gasteiger partial charge < -0.3 is 23.7 Å². The maximum absolute atomic E-state index is 12.8. The maximum atomic E-state index is 12.8. The largest absolute Gasteiger partial charge is 0.493 e. The van der Waals surface area contributed by atoms with Gasteiger partial charge in [-0.25, -0.2) is 0 Å². The first-order chi connectivity index (χ1) is 13.7. The molecule has 0 radical (unpaired) electrons. The van der Waals surface area contributed by atoms with Crippen molar-refractivity contribution in [3.63, 3.8) is 0 Å². The molecule has 1 fully saturated rings. The lowest BCUT2D eigenvalue weighted by atomic mass is 10.1. The number of fused-ring (bicyclic) bond motifs is 1. The summed E-state index contributed by atoms with van der Waals surface area (Å²) in [6, 6.07) is 15.6. The number of amides is 1. The van der Waals surface area contributed by atoms with Crippen molar-refractivity contribution in [3.05, 3.63) is 59.9 Å². The number of ether oxygens (including phenoxy) is 2. The summed E-state index contributed by atoms with van der Waals surface area (Å²) in [4.78, 5) is 16.1. The van der Waals surface area contributed by atoms with Crippen molar-refractivity contribution >= 4 is 16.9 Å². The molecule has 2 aromatic carbocycles. The number of carbonyl (C=O) groups excluding carboxylic acids is 1. The lowest BCUT2D eigenvalue weighted by molar-refractivity contribution is -0.917. The standard InChI is InChI=1S/C22H24N2O4/c1-26-19-8-7-16(13-20(19)27-2)15-23-9-11-24(12-10-23)22(25)21-14-17-5-3-4-6-18(17)28-21/h3-8,13-14H,9-12,15H2,1-2H3/p+1. The van der Waals surface area contributed by atoms with Gasteiger partial charge in [0.05, 0.1) is 40.4 Å². The minimum absolute atomic E-state index is 0.0265. The Labute approximate surface area is 164 Å². The summed E-state index contributed by atoms with van der Waals surface area (Å²) in [5.74, 6) is 1.88. The fourth-order valence-electron chi connectivity index (χ4n) is 3.73. The summed E-state index contributed by atoms with van der Waals surface area (Å²) in [5.41, 5.74) is 1.95. The lowest BCUT2D eigenvalue weighted by Crippen LogP contribution is -3.13. The van der Waals surface area contributed by atoms with E-state index < -0.39 is 0 Å². The first kappa shape index (κ1) is 18.4. The van der Waals surface area contributed by atoms with E-state index in [1.807, 2.05) is 47.4 Å². The van der Waals surface area contributed by atoms with Gasteiger partial charge in [0.1, 0.15) is 12.1 Å². The zero-order valence-electron chi connectivity index (χ0n) is 16.2. The van der Waals surface area contributed by atoms with E-state index in [9.17, 15) is 4.79 Å². The molecule has 0 saturated carbocycles. The van der Waals surface area contributed by atoms with Crippen molar-refractivity contribution in [2.75, 3.05) is 40.4 Å². The van der Waals surface area contributed by atoms with Gasteiger partial charge in [0.2, 0.25) is 0 Å². The number of piperazine rings is 1. The van der Waals surface area contributed by atoms with Crippen molar-refractivity contribution < 1.29 is 23.6 Å². The molecule has 1 saturated heterocycles. The van der Waals surface area contributed by atoms with Crippen LogP contribution in [0.1, 0.15) is 16.1 Å². The number of furan rings is 1. The highest BCUT2D eigenvalue weighted by atomic mass is 16.5. The Balaban J connectivity index is 1.37. The molecule has 0 unspecified atom stereocenters. The van der Waals surface area contributed by atoms with E-state index in [0.717, 1.165) is 55.2 Å². The fourth-order valence-corrected chi connectivity index (χ4v) is 3.73. The van der Waals surface area contributed by atoms with Crippen LogP contribution in [0.15, 0.2) is 52.9 Å². The first-order valence-corrected chi connectivity index (χ1v) is 9.50. The van der Waals surface area contributed by atoms with Gasteiger partial charge in [-0.15, -0.1) is 0 Å². The van der Waals surface area contributed by atoms with Crippen LogP contribution in [0.2, 0.25) is 0 Å². The third-order valence-corrected chi connectivity index (χ3v) is 5.30. The highest BCUT2D eigenvalue weighted by molar-refractivity contribution is 5.96. The van der Waals surface area contributed by atoms with E-state index in [-0.39, 0.29) is 5.91 Å². The molecule has 6 heteroatoms.